The Bertz CT molecular complexity index is 708. The van der Waals surface area contributed by atoms with Crippen LogP contribution in [0.5, 0.6) is 0 Å². The summed E-state index contributed by atoms with van der Waals surface area (Å²) in [7, 11) is -12.7. The van der Waals surface area contributed by atoms with Crippen molar-refractivity contribution in [3.8, 4) is 0 Å². The van der Waals surface area contributed by atoms with Crippen LogP contribution in [0.15, 0.2) is 0 Å². The number of hydrogen-bond donors (Lipinski definition) is 0. The molecule has 0 saturated heterocycles. The summed E-state index contributed by atoms with van der Waals surface area (Å²) in [5.41, 5.74) is 0. The first-order chi connectivity index (χ1) is 13.9. The third kappa shape index (κ3) is 14.8. The molecular formula is C21H44O6S3. The van der Waals surface area contributed by atoms with Gasteiger partial charge in [0.2, 0.25) is 0 Å². The van der Waals surface area contributed by atoms with E-state index in [9.17, 15) is 25.3 Å². The summed E-state index contributed by atoms with van der Waals surface area (Å²) in [6.45, 7) is 2.24. The Kier molecular flexibility index (Phi) is 15.5. The van der Waals surface area contributed by atoms with Crippen LogP contribution in [0.2, 0.25) is 0 Å². The lowest BCUT2D eigenvalue weighted by Gasteiger charge is -2.14. The molecule has 0 aromatic heterocycles. The molecule has 0 spiro atoms. The lowest BCUT2D eigenvalue weighted by atomic mass is 10.0. The molecule has 0 aliphatic heterocycles. The standard InChI is InChI=1S/C21H44O6S3/c1-4-5-6-7-8-9-10-11-12-13-14-15-16-17-18-19-20-30(26,27)21(28(2,22)23)29(3,24)25/h21H,4-20H2,1-3H3. The van der Waals surface area contributed by atoms with Gasteiger partial charge in [0.1, 0.15) is 0 Å². The monoisotopic (exact) mass is 488 g/mol. The Hall–Kier alpha value is -0.150. The van der Waals surface area contributed by atoms with Gasteiger partial charge in [-0.25, -0.2) is 25.3 Å². The van der Waals surface area contributed by atoms with E-state index in [1.807, 2.05) is 0 Å². The average Bonchev–Trinajstić information content (AvgIpc) is 2.58. The Morgan fingerprint density at radius 3 is 1.00 bits per heavy atom. The van der Waals surface area contributed by atoms with Crippen LogP contribution in [0.25, 0.3) is 0 Å². The molecule has 0 aliphatic rings. The van der Waals surface area contributed by atoms with Crippen molar-refractivity contribution < 1.29 is 25.3 Å². The molecule has 0 unspecified atom stereocenters. The van der Waals surface area contributed by atoms with Gasteiger partial charge in [0, 0.05) is 12.5 Å². The van der Waals surface area contributed by atoms with Crippen molar-refractivity contribution in [3.63, 3.8) is 0 Å². The lowest BCUT2D eigenvalue weighted by Crippen LogP contribution is -2.38. The second kappa shape index (κ2) is 15.6. The van der Waals surface area contributed by atoms with Crippen LogP contribution in [0, 0.1) is 0 Å². The SMILES string of the molecule is CCCCCCCCCCCCCCCCCCS(=O)(=O)C(S(C)(=O)=O)S(C)(=O)=O. The normalized spacial score (nSPS) is 13.2. The Morgan fingerprint density at radius 1 is 0.467 bits per heavy atom. The molecule has 0 heterocycles. The van der Waals surface area contributed by atoms with Crippen molar-refractivity contribution in [2.45, 2.75) is 114 Å². The molecule has 0 bridgehead atoms. The molecule has 0 rings (SSSR count). The molecule has 0 radical (unpaired) electrons. The topological polar surface area (TPSA) is 102 Å². The van der Waals surface area contributed by atoms with Crippen LogP contribution in [0.1, 0.15) is 110 Å². The fourth-order valence-electron chi connectivity index (χ4n) is 3.80. The minimum Gasteiger partial charge on any atom is -0.227 e. The molecular weight excluding hydrogens is 444 g/mol. The minimum absolute atomic E-state index is 0.294. The van der Waals surface area contributed by atoms with E-state index in [-0.39, 0.29) is 0 Å². The van der Waals surface area contributed by atoms with E-state index in [0.29, 0.717) is 25.4 Å². The lowest BCUT2D eigenvalue weighted by molar-refractivity contribution is 0.530. The zero-order valence-corrected chi connectivity index (χ0v) is 21.7. The fraction of sp³-hybridized carbons (Fsp3) is 1.00. The first kappa shape index (κ1) is 29.9. The second-order valence-electron chi connectivity index (χ2n) is 8.62. The Balaban J connectivity index is 3.77. The highest BCUT2D eigenvalue weighted by atomic mass is 32.3. The third-order valence-corrected chi connectivity index (χ3v) is 14.1. The summed E-state index contributed by atoms with van der Waals surface area (Å²) >= 11 is 0. The van der Waals surface area contributed by atoms with Gasteiger partial charge in [-0.1, -0.05) is 103 Å². The first-order valence-electron chi connectivity index (χ1n) is 11.5. The molecule has 0 aromatic rings. The van der Waals surface area contributed by atoms with Gasteiger partial charge in [-0.05, 0) is 6.42 Å². The van der Waals surface area contributed by atoms with E-state index in [0.717, 1.165) is 19.3 Å². The number of sulfone groups is 3. The molecule has 0 amide bonds. The van der Waals surface area contributed by atoms with Gasteiger partial charge in [0.05, 0.1) is 5.75 Å². The average molecular weight is 489 g/mol. The fourth-order valence-corrected chi connectivity index (χ4v) is 12.0. The summed E-state index contributed by atoms with van der Waals surface area (Å²) < 4.78 is 68.6. The minimum atomic E-state index is -4.23. The number of unbranched alkanes of at least 4 members (excludes halogenated alkanes) is 15. The van der Waals surface area contributed by atoms with E-state index in [1.165, 1.54) is 70.6 Å². The van der Waals surface area contributed by atoms with Gasteiger partial charge in [-0.3, -0.25) is 0 Å². The molecule has 0 saturated carbocycles. The first-order valence-corrected chi connectivity index (χ1v) is 17.1. The molecule has 30 heavy (non-hydrogen) atoms. The van der Waals surface area contributed by atoms with Crippen LogP contribution in [-0.4, -0.2) is 47.4 Å². The summed E-state index contributed by atoms with van der Waals surface area (Å²) in [6.07, 6.45) is 19.8. The zero-order valence-electron chi connectivity index (χ0n) is 19.3. The van der Waals surface area contributed by atoms with Gasteiger partial charge < -0.3 is 0 Å². The van der Waals surface area contributed by atoms with Crippen LogP contribution in [0.4, 0.5) is 0 Å². The smallest absolute Gasteiger partial charge is 0.227 e. The Labute approximate surface area is 186 Å². The molecule has 0 N–H and O–H groups in total. The molecule has 182 valence electrons. The van der Waals surface area contributed by atoms with Crippen molar-refractivity contribution in [1.82, 2.24) is 0 Å². The van der Waals surface area contributed by atoms with Gasteiger partial charge in [0.15, 0.2) is 29.5 Å². The molecule has 0 aliphatic carbocycles. The van der Waals surface area contributed by atoms with E-state index in [2.05, 4.69) is 6.92 Å². The maximum atomic E-state index is 12.2. The van der Waals surface area contributed by atoms with E-state index in [1.54, 1.807) is 0 Å². The van der Waals surface area contributed by atoms with Crippen molar-refractivity contribution in [1.29, 1.82) is 0 Å². The maximum Gasteiger partial charge on any atom is 0.261 e. The molecule has 6 nitrogen and oxygen atoms in total. The molecule has 0 fully saturated rings. The van der Waals surface area contributed by atoms with Gasteiger partial charge in [0.25, 0.3) is 3.91 Å². The number of hydrogen-bond acceptors (Lipinski definition) is 6. The van der Waals surface area contributed by atoms with Crippen LogP contribution < -0.4 is 0 Å². The summed E-state index contributed by atoms with van der Waals surface area (Å²) in [5.74, 6) is -0.406. The van der Waals surface area contributed by atoms with Crippen LogP contribution in [-0.2, 0) is 29.5 Å². The Morgan fingerprint density at radius 2 is 0.733 bits per heavy atom. The molecule has 0 atom stereocenters. The largest absolute Gasteiger partial charge is 0.261 e. The van der Waals surface area contributed by atoms with Crippen LogP contribution in [0.3, 0.4) is 0 Å². The van der Waals surface area contributed by atoms with E-state index < -0.39 is 39.2 Å². The third-order valence-electron chi connectivity index (χ3n) is 5.27. The highest BCUT2D eigenvalue weighted by Crippen LogP contribution is 2.19. The quantitative estimate of drug-likeness (QED) is 0.223. The van der Waals surface area contributed by atoms with E-state index >= 15 is 0 Å². The predicted octanol–water partition coefficient (Wildman–Crippen LogP) is 5.04. The maximum absolute atomic E-state index is 12.2. The molecule has 9 heteroatoms. The second-order valence-corrected chi connectivity index (χ2v) is 16.0. The van der Waals surface area contributed by atoms with Gasteiger partial charge in [-0.2, -0.15) is 0 Å². The van der Waals surface area contributed by atoms with E-state index in [4.69, 9.17) is 0 Å². The summed E-state index contributed by atoms with van der Waals surface area (Å²) in [4.78, 5) is 0. The highest BCUT2D eigenvalue weighted by Gasteiger charge is 2.42. The van der Waals surface area contributed by atoms with Crippen molar-refractivity contribution in [2.75, 3.05) is 18.3 Å². The summed E-state index contributed by atoms with van der Waals surface area (Å²) in [5, 5.41) is 0. The summed E-state index contributed by atoms with van der Waals surface area (Å²) in [6, 6.07) is 0. The molecule has 0 aromatic carbocycles. The van der Waals surface area contributed by atoms with Crippen molar-refractivity contribution in [2.24, 2.45) is 0 Å². The van der Waals surface area contributed by atoms with Crippen molar-refractivity contribution in [3.05, 3.63) is 0 Å². The predicted molar refractivity (Wildman–Crippen MR) is 127 cm³/mol. The van der Waals surface area contributed by atoms with Crippen LogP contribution >= 0.6 is 0 Å². The zero-order chi connectivity index (χ0) is 23.1. The number of rotatable bonds is 20. The van der Waals surface area contributed by atoms with Gasteiger partial charge >= 0.3 is 0 Å². The highest BCUT2D eigenvalue weighted by molar-refractivity contribution is 8.23. The van der Waals surface area contributed by atoms with Gasteiger partial charge in [-0.15, -0.1) is 0 Å². The van der Waals surface area contributed by atoms with Crippen molar-refractivity contribution >= 4 is 29.5 Å².